The van der Waals surface area contributed by atoms with E-state index in [2.05, 4.69) is 47.7 Å². The zero-order valence-electron chi connectivity index (χ0n) is 11.1. The predicted molar refractivity (Wildman–Crippen MR) is 73.8 cm³/mol. The van der Waals surface area contributed by atoms with E-state index in [0.717, 1.165) is 24.3 Å². The minimum atomic E-state index is 0.483. The van der Waals surface area contributed by atoms with Crippen molar-refractivity contribution in [3.63, 3.8) is 0 Å². The van der Waals surface area contributed by atoms with Crippen LogP contribution in [-0.2, 0) is 12.8 Å². The Hall–Kier alpha value is -1.20. The van der Waals surface area contributed by atoms with E-state index in [4.69, 9.17) is 4.42 Å². The van der Waals surface area contributed by atoms with Crippen LogP contribution in [0.3, 0.4) is 0 Å². The second-order valence-corrected chi connectivity index (χ2v) is 5.40. The molecule has 0 spiro atoms. The van der Waals surface area contributed by atoms with Gasteiger partial charge in [0.05, 0.1) is 4.88 Å². The van der Waals surface area contributed by atoms with Gasteiger partial charge in [-0.3, -0.25) is 0 Å². The maximum atomic E-state index is 5.70. The first kappa shape index (κ1) is 13.2. The van der Waals surface area contributed by atoms with Gasteiger partial charge in [-0.25, -0.2) is 0 Å². The van der Waals surface area contributed by atoms with Crippen molar-refractivity contribution in [1.82, 2.24) is 15.5 Å². The van der Waals surface area contributed by atoms with Gasteiger partial charge in [0.2, 0.25) is 5.89 Å². The van der Waals surface area contributed by atoms with Crippen LogP contribution in [0.15, 0.2) is 15.9 Å². The van der Waals surface area contributed by atoms with Crippen molar-refractivity contribution in [3.8, 4) is 10.8 Å². The van der Waals surface area contributed by atoms with Gasteiger partial charge in [0, 0.05) is 19.0 Å². The highest BCUT2D eigenvalue weighted by molar-refractivity contribution is 7.13. The SMILES string of the molecule is CCc1ccsc1-c1nnc(CCNC(C)C)o1. The van der Waals surface area contributed by atoms with Crippen LogP contribution >= 0.6 is 11.3 Å². The normalized spacial score (nSPS) is 11.3. The van der Waals surface area contributed by atoms with Crippen molar-refractivity contribution in [1.29, 1.82) is 0 Å². The molecule has 0 aromatic carbocycles. The van der Waals surface area contributed by atoms with Gasteiger partial charge in [-0.05, 0) is 23.4 Å². The predicted octanol–water partition coefficient (Wildman–Crippen LogP) is 2.90. The first-order chi connectivity index (χ1) is 8.70. The summed E-state index contributed by atoms with van der Waals surface area (Å²) in [7, 11) is 0. The fourth-order valence-corrected chi connectivity index (χ4v) is 2.63. The molecule has 0 saturated carbocycles. The highest BCUT2D eigenvalue weighted by Gasteiger charge is 2.13. The van der Waals surface area contributed by atoms with Crippen LogP contribution in [0.1, 0.15) is 32.2 Å². The van der Waals surface area contributed by atoms with Gasteiger partial charge in [-0.2, -0.15) is 0 Å². The Bertz CT molecular complexity index is 490. The second-order valence-electron chi connectivity index (χ2n) is 4.49. The van der Waals surface area contributed by atoms with E-state index < -0.39 is 0 Å². The first-order valence-corrected chi connectivity index (χ1v) is 7.21. The van der Waals surface area contributed by atoms with Gasteiger partial charge < -0.3 is 9.73 Å². The number of thiophene rings is 1. The van der Waals surface area contributed by atoms with Crippen molar-refractivity contribution >= 4 is 11.3 Å². The number of hydrogen-bond donors (Lipinski definition) is 1. The summed E-state index contributed by atoms with van der Waals surface area (Å²) in [6.07, 6.45) is 1.77. The lowest BCUT2D eigenvalue weighted by atomic mass is 10.2. The van der Waals surface area contributed by atoms with E-state index in [1.165, 1.54) is 5.56 Å². The minimum absolute atomic E-state index is 0.483. The highest BCUT2D eigenvalue weighted by atomic mass is 32.1. The van der Waals surface area contributed by atoms with Crippen LogP contribution in [0, 0.1) is 0 Å². The number of aryl methyl sites for hydroxylation is 1. The Balaban J connectivity index is 2.02. The second kappa shape index (κ2) is 6.11. The lowest BCUT2D eigenvalue weighted by Gasteiger charge is -2.04. The third kappa shape index (κ3) is 3.17. The zero-order chi connectivity index (χ0) is 13.0. The van der Waals surface area contributed by atoms with Crippen LogP contribution in [0.5, 0.6) is 0 Å². The molecular formula is C13H19N3OS. The lowest BCUT2D eigenvalue weighted by molar-refractivity contribution is 0.485. The molecule has 0 amide bonds. The van der Waals surface area contributed by atoms with E-state index in [0.29, 0.717) is 17.8 Å². The van der Waals surface area contributed by atoms with E-state index >= 15 is 0 Å². The average molecular weight is 265 g/mol. The molecule has 0 aliphatic heterocycles. The van der Waals surface area contributed by atoms with Crippen molar-refractivity contribution in [2.24, 2.45) is 0 Å². The van der Waals surface area contributed by atoms with Crippen LogP contribution in [0.25, 0.3) is 10.8 Å². The summed E-state index contributed by atoms with van der Waals surface area (Å²) in [4.78, 5) is 1.10. The smallest absolute Gasteiger partial charge is 0.258 e. The third-order valence-electron chi connectivity index (χ3n) is 2.68. The fourth-order valence-electron chi connectivity index (χ4n) is 1.72. The maximum absolute atomic E-state index is 5.70. The molecule has 0 bridgehead atoms. The molecule has 0 aliphatic rings. The van der Waals surface area contributed by atoms with Crippen molar-refractivity contribution in [2.45, 2.75) is 39.7 Å². The number of nitrogens with one attached hydrogen (secondary N) is 1. The van der Waals surface area contributed by atoms with E-state index in [-0.39, 0.29) is 0 Å². The van der Waals surface area contributed by atoms with E-state index in [1.54, 1.807) is 11.3 Å². The maximum Gasteiger partial charge on any atom is 0.258 e. The highest BCUT2D eigenvalue weighted by Crippen LogP contribution is 2.28. The molecule has 2 aromatic rings. The van der Waals surface area contributed by atoms with Gasteiger partial charge >= 0.3 is 0 Å². The summed E-state index contributed by atoms with van der Waals surface area (Å²) in [5.74, 6) is 1.36. The molecular weight excluding hydrogens is 246 g/mol. The Morgan fingerprint density at radius 2 is 2.22 bits per heavy atom. The monoisotopic (exact) mass is 265 g/mol. The molecule has 1 N–H and O–H groups in total. The molecule has 0 atom stereocenters. The summed E-state index contributed by atoms with van der Waals surface area (Å²) in [6.45, 7) is 7.25. The Kier molecular flexibility index (Phi) is 4.49. The molecule has 5 heteroatoms. The fraction of sp³-hybridized carbons (Fsp3) is 0.538. The average Bonchev–Trinajstić information content (AvgIpc) is 2.95. The molecule has 0 unspecified atom stereocenters. The number of hydrogen-bond acceptors (Lipinski definition) is 5. The van der Waals surface area contributed by atoms with Crippen molar-refractivity contribution in [3.05, 3.63) is 22.9 Å². The molecule has 98 valence electrons. The Morgan fingerprint density at radius 3 is 2.94 bits per heavy atom. The molecule has 0 radical (unpaired) electrons. The number of rotatable bonds is 6. The molecule has 0 saturated heterocycles. The van der Waals surface area contributed by atoms with Crippen LogP contribution < -0.4 is 5.32 Å². The number of aromatic nitrogens is 2. The third-order valence-corrected chi connectivity index (χ3v) is 3.62. The number of nitrogens with zero attached hydrogens (tertiary/aromatic N) is 2. The largest absolute Gasteiger partial charge is 0.420 e. The molecule has 2 heterocycles. The summed E-state index contributed by atoms with van der Waals surface area (Å²) in [6, 6.07) is 2.60. The standard InChI is InChI=1S/C13H19N3OS/c1-4-10-6-8-18-12(10)13-16-15-11(17-13)5-7-14-9(2)3/h6,8-9,14H,4-5,7H2,1-3H3. The van der Waals surface area contributed by atoms with E-state index in [1.807, 2.05) is 0 Å². The zero-order valence-corrected chi connectivity index (χ0v) is 11.9. The molecule has 0 aliphatic carbocycles. The van der Waals surface area contributed by atoms with Crippen LogP contribution in [0.2, 0.25) is 0 Å². The summed E-state index contributed by atoms with van der Waals surface area (Å²) < 4.78 is 5.70. The van der Waals surface area contributed by atoms with Gasteiger partial charge in [0.25, 0.3) is 5.89 Å². The molecule has 18 heavy (non-hydrogen) atoms. The van der Waals surface area contributed by atoms with Gasteiger partial charge in [-0.1, -0.05) is 20.8 Å². The van der Waals surface area contributed by atoms with Gasteiger partial charge in [-0.15, -0.1) is 21.5 Å². The Morgan fingerprint density at radius 1 is 1.39 bits per heavy atom. The molecule has 4 nitrogen and oxygen atoms in total. The lowest BCUT2D eigenvalue weighted by Crippen LogP contribution is -2.25. The molecule has 2 aromatic heterocycles. The summed E-state index contributed by atoms with van der Waals surface area (Å²) in [5.41, 5.74) is 1.27. The minimum Gasteiger partial charge on any atom is -0.420 e. The quantitative estimate of drug-likeness (QED) is 0.872. The van der Waals surface area contributed by atoms with E-state index in [9.17, 15) is 0 Å². The molecule has 2 rings (SSSR count). The molecule has 0 fully saturated rings. The summed E-state index contributed by atoms with van der Waals surface area (Å²) >= 11 is 1.66. The van der Waals surface area contributed by atoms with Gasteiger partial charge in [0.1, 0.15) is 0 Å². The summed E-state index contributed by atoms with van der Waals surface area (Å²) in [5, 5.41) is 13.6. The first-order valence-electron chi connectivity index (χ1n) is 6.33. The van der Waals surface area contributed by atoms with Crippen LogP contribution in [-0.4, -0.2) is 22.8 Å². The Labute approximate surface area is 111 Å². The van der Waals surface area contributed by atoms with Crippen molar-refractivity contribution < 1.29 is 4.42 Å². The van der Waals surface area contributed by atoms with Crippen LogP contribution in [0.4, 0.5) is 0 Å². The van der Waals surface area contributed by atoms with Crippen molar-refractivity contribution in [2.75, 3.05) is 6.54 Å². The topological polar surface area (TPSA) is 51.0 Å². The van der Waals surface area contributed by atoms with Gasteiger partial charge in [0.15, 0.2) is 0 Å².